The van der Waals surface area contributed by atoms with Crippen molar-refractivity contribution in [1.82, 2.24) is 0 Å². The summed E-state index contributed by atoms with van der Waals surface area (Å²) in [6, 6.07) is 6.20. The van der Waals surface area contributed by atoms with E-state index >= 15 is 0 Å². The van der Waals surface area contributed by atoms with Crippen LogP contribution in [0.2, 0.25) is 0 Å². The molecule has 20 heavy (non-hydrogen) atoms. The first kappa shape index (κ1) is 15.5. The average Bonchev–Trinajstić information content (AvgIpc) is 2.42. The van der Waals surface area contributed by atoms with Crippen molar-refractivity contribution in [3.05, 3.63) is 34.9 Å². The minimum absolute atomic E-state index is 0.145. The molecule has 1 aliphatic carbocycles. The van der Waals surface area contributed by atoms with E-state index in [-0.39, 0.29) is 5.41 Å². The van der Waals surface area contributed by atoms with Crippen molar-refractivity contribution in [3.8, 4) is 0 Å². The number of benzene rings is 1. The number of nitrogens with two attached hydrogens (primary N) is 1. The number of rotatable bonds is 3. The Labute approximate surface area is 123 Å². The van der Waals surface area contributed by atoms with Crippen LogP contribution in [0.4, 0.5) is 0 Å². The molecular formula is C18H29NO. The number of hydrogen-bond acceptors (Lipinski definition) is 2. The summed E-state index contributed by atoms with van der Waals surface area (Å²) in [6.45, 7) is 9.41. The Bertz CT molecular complexity index is 468. The molecule has 0 spiro atoms. The summed E-state index contributed by atoms with van der Waals surface area (Å²) < 4.78 is 0. The van der Waals surface area contributed by atoms with Crippen LogP contribution in [-0.4, -0.2) is 11.7 Å². The van der Waals surface area contributed by atoms with Gasteiger partial charge in [0.15, 0.2) is 0 Å². The molecule has 3 N–H and O–H groups in total. The second-order valence-corrected chi connectivity index (χ2v) is 7.42. The quantitative estimate of drug-likeness (QED) is 0.879. The molecule has 0 amide bonds. The third-order valence-corrected chi connectivity index (χ3v) is 5.53. The molecule has 1 unspecified atom stereocenters. The van der Waals surface area contributed by atoms with Crippen LogP contribution in [0, 0.1) is 24.7 Å². The van der Waals surface area contributed by atoms with Crippen molar-refractivity contribution in [3.63, 3.8) is 0 Å². The molecule has 0 aromatic heterocycles. The minimum atomic E-state index is -0.441. The van der Waals surface area contributed by atoms with Crippen LogP contribution >= 0.6 is 0 Å². The zero-order valence-corrected chi connectivity index (χ0v) is 13.4. The van der Waals surface area contributed by atoms with Crippen molar-refractivity contribution < 1.29 is 5.11 Å². The molecule has 1 saturated carbocycles. The molecule has 0 saturated heterocycles. The molecule has 1 aliphatic rings. The summed E-state index contributed by atoms with van der Waals surface area (Å²) in [4.78, 5) is 0. The van der Waals surface area contributed by atoms with E-state index in [2.05, 4.69) is 39.8 Å². The highest BCUT2D eigenvalue weighted by Crippen LogP contribution is 2.51. The lowest BCUT2D eigenvalue weighted by Gasteiger charge is -2.46. The van der Waals surface area contributed by atoms with Gasteiger partial charge in [0.25, 0.3) is 0 Å². The number of aliphatic hydroxyl groups excluding tert-OH is 1. The summed E-state index contributed by atoms with van der Waals surface area (Å²) in [5.74, 6) is 0. The molecule has 1 aromatic rings. The molecule has 1 fully saturated rings. The van der Waals surface area contributed by atoms with Crippen LogP contribution in [0.1, 0.15) is 62.3 Å². The lowest BCUT2D eigenvalue weighted by Crippen LogP contribution is -2.42. The second-order valence-electron chi connectivity index (χ2n) is 7.42. The fraction of sp³-hybridized carbons (Fsp3) is 0.667. The lowest BCUT2D eigenvalue weighted by molar-refractivity contribution is -0.0239. The first-order chi connectivity index (χ1) is 9.31. The van der Waals surface area contributed by atoms with Gasteiger partial charge < -0.3 is 10.8 Å². The predicted octanol–water partition coefficient (Wildman–Crippen LogP) is 3.88. The predicted molar refractivity (Wildman–Crippen MR) is 84.6 cm³/mol. The Morgan fingerprint density at radius 1 is 1.15 bits per heavy atom. The minimum Gasteiger partial charge on any atom is -0.388 e. The standard InChI is InChI=1S/C18H29NO/c1-13-6-5-7-15(14(13)2)16(20)18(12-19)10-8-17(3,4)9-11-18/h5-7,16,20H,8-12,19H2,1-4H3. The molecule has 2 nitrogen and oxygen atoms in total. The first-order valence-corrected chi connectivity index (χ1v) is 7.76. The Morgan fingerprint density at radius 3 is 2.30 bits per heavy atom. The number of aliphatic hydroxyl groups is 1. The van der Waals surface area contributed by atoms with Crippen LogP contribution in [-0.2, 0) is 0 Å². The Kier molecular flexibility index (Phi) is 4.27. The zero-order valence-electron chi connectivity index (χ0n) is 13.4. The molecule has 2 rings (SSSR count). The maximum absolute atomic E-state index is 11.0. The van der Waals surface area contributed by atoms with E-state index in [1.165, 1.54) is 11.1 Å². The highest BCUT2D eigenvalue weighted by Gasteiger charge is 2.43. The van der Waals surface area contributed by atoms with E-state index in [4.69, 9.17) is 5.73 Å². The van der Waals surface area contributed by atoms with E-state index in [0.29, 0.717) is 12.0 Å². The van der Waals surface area contributed by atoms with Gasteiger partial charge in [0.1, 0.15) is 0 Å². The molecule has 0 bridgehead atoms. The fourth-order valence-corrected chi connectivity index (χ4v) is 3.41. The fourth-order valence-electron chi connectivity index (χ4n) is 3.41. The monoisotopic (exact) mass is 275 g/mol. The van der Waals surface area contributed by atoms with Gasteiger partial charge in [-0.15, -0.1) is 0 Å². The van der Waals surface area contributed by atoms with Gasteiger partial charge in [0, 0.05) is 12.0 Å². The average molecular weight is 275 g/mol. The maximum atomic E-state index is 11.0. The van der Waals surface area contributed by atoms with Crippen LogP contribution in [0.15, 0.2) is 18.2 Å². The van der Waals surface area contributed by atoms with Crippen LogP contribution < -0.4 is 5.73 Å². The SMILES string of the molecule is Cc1cccc(C(O)C2(CN)CCC(C)(C)CC2)c1C. The first-order valence-electron chi connectivity index (χ1n) is 7.76. The van der Waals surface area contributed by atoms with E-state index in [1.54, 1.807) is 0 Å². The lowest BCUT2D eigenvalue weighted by atomic mass is 9.61. The van der Waals surface area contributed by atoms with E-state index in [0.717, 1.165) is 31.2 Å². The molecule has 112 valence electrons. The summed E-state index contributed by atoms with van der Waals surface area (Å²) >= 11 is 0. The summed E-state index contributed by atoms with van der Waals surface area (Å²) in [6.07, 6.45) is 3.89. The van der Waals surface area contributed by atoms with Gasteiger partial charge in [-0.05, 0) is 61.6 Å². The highest BCUT2D eigenvalue weighted by atomic mass is 16.3. The largest absolute Gasteiger partial charge is 0.388 e. The summed E-state index contributed by atoms with van der Waals surface area (Å²) in [5.41, 5.74) is 9.85. The molecule has 0 aliphatic heterocycles. The van der Waals surface area contributed by atoms with Crippen molar-refractivity contribution in [2.24, 2.45) is 16.6 Å². The topological polar surface area (TPSA) is 46.2 Å². The second kappa shape index (κ2) is 5.50. The zero-order chi connectivity index (χ0) is 15.0. The molecule has 0 radical (unpaired) electrons. The van der Waals surface area contributed by atoms with Crippen LogP contribution in [0.25, 0.3) is 0 Å². The summed E-state index contributed by atoms with van der Waals surface area (Å²) in [5, 5.41) is 11.0. The Balaban J connectivity index is 2.30. The molecule has 1 atom stereocenters. The number of hydrogen-bond donors (Lipinski definition) is 2. The van der Waals surface area contributed by atoms with Gasteiger partial charge >= 0.3 is 0 Å². The van der Waals surface area contributed by atoms with Crippen LogP contribution in [0.5, 0.6) is 0 Å². The van der Waals surface area contributed by atoms with Crippen LogP contribution in [0.3, 0.4) is 0 Å². The third-order valence-electron chi connectivity index (χ3n) is 5.53. The Morgan fingerprint density at radius 2 is 1.75 bits per heavy atom. The third kappa shape index (κ3) is 2.77. The van der Waals surface area contributed by atoms with E-state index < -0.39 is 6.10 Å². The van der Waals surface area contributed by atoms with Crippen molar-refractivity contribution in [1.29, 1.82) is 0 Å². The van der Waals surface area contributed by atoms with Gasteiger partial charge in [-0.1, -0.05) is 32.0 Å². The van der Waals surface area contributed by atoms with Gasteiger partial charge in [0.05, 0.1) is 6.10 Å². The summed E-state index contributed by atoms with van der Waals surface area (Å²) in [7, 11) is 0. The normalized spacial score (nSPS) is 22.5. The van der Waals surface area contributed by atoms with Gasteiger partial charge in [0.2, 0.25) is 0 Å². The molecule has 1 aromatic carbocycles. The van der Waals surface area contributed by atoms with Gasteiger partial charge in [-0.25, -0.2) is 0 Å². The molecule has 0 heterocycles. The van der Waals surface area contributed by atoms with Gasteiger partial charge in [-0.3, -0.25) is 0 Å². The van der Waals surface area contributed by atoms with E-state index in [1.807, 2.05) is 6.07 Å². The number of aryl methyl sites for hydroxylation is 1. The molecule has 2 heteroatoms. The van der Waals surface area contributed by atoms with Crippen molar-refractivity contribution in [2.75, 3.05) is 6.54 Å². The maximum Gasteiger partial charge on any atom is 0.0860 e. The van der Waals surface area contributed by atoms with Crippen molar-refractivity contribution in [2.45, 2.75) is 59.5 Å². The van der Waals surface area contributed by atoms with E-state index in [9.17, 15) is 5.11 Å². The molecular weight excluding hydrogens is 246 g/mol. The smallest absolute Gasteiger partial charge is 0.0860 e. The van der Waals surface area contributed by atoms with Crippen molar-refractivity contribution >= 4 is 0 Å². The van der Waals surface area contributed by atoms with Gasteiger partial charge in [-0.2, -0.15) is 0 Å². The Hall–Kier alpha value is -0.860. The highest BCUT2D eigenvalue weighted by molar-refractivity contribution is 5.35.